The molecule has 0 aromatic heterocycles. The van der Waals surface area contributed by atoms with Gasteiger partial charge in [0.2, 0.25) is 0 Å². The number of nitrogens with one attached hydrogen (secondary N) is 1. The second kappa shape index (κ2) is 5.18. The van der Waals surface area contributed by atoms with Crippen LogP contribution in [0.4, 0.5) is 5.69 Å². The van der Waals surface area contributed by atoms with Gasteiger partial charge in [0.1, 0.15) is 6.04 Å². The minimum Gasteiger partial charge on any atom is -0.369 e. The highest BCUT2D eigenvalue weighted by Crippen LogP contribution is 2.24. The van der Waals surface area contributed by atoms with E-state index < -0.39 is 0 Å². The van der Waals surface area contributed by atoms with Crippen molar-refractivity contribution >= 4 is 21.6 Å². The zero-order valence-electron chi connectivity index (χ0n) is 9.21. The molecule has 0 bridgehead atoms. The number of hydrogen-bond donors (Lipinski definition) is 1. The molecular formula is C12H15BrN2. The summed E-state index contributed by atoms with van der Waals surface area (Å²) in [7, 11) is 0. The second-order valence-electron chi connectivity index (χ2n) is 3.98. The van der Waals surface area contributed by atoms with Gasteiger partial charge in [-0.05, 0) is 46.5 Å². The first kappa shape index (κ1) is 12.1. The lowest BCUT2D eigenvalue weighted by Gasteiger charge is -2.17. The largest absolute Gasteiger partial charge is 0.369 e. The molecule has 0 radical (unpaired) electrons. The highest BCUT2D eigenvalue weighted by atomic mass is 79.9. The van der Waals surface area contributed by atoms with Crippen molar-refractivity contribution in [3.8, 4) is 6.07 Å². The highest BCUT2D eigenvalue weighted by Gasteiger charge is 2.12. The van der Waals surface area contributed by atoms with Crippen molar-refractivity contribution in [2.24, 2.45) is 5.92 Å². The van der Waals surface area contributed by atoms with Gasteiger partial charge < -0.3 is 5.32 Å². The van der Waals surface area contributed by atoms with Gasteiger partial charge in [-0.1, -0.05) is 19.9 Å². The third kappa shape index (κ3) is 3.24. The molecule has 1 N–H and O–H groups in total. The first-order valence-corrected chi connectivity index (χ1v) is 5.76. The van der Waals surface area contributed by atoms with E-state index in [1.165, 1.54) is 5.56 Å². The van der Waals surface area contributed by atoms with Crippen molar-refractivity contribution in [1.29, 1.82) is 5.26 Å². The van der Waals surface area contributed by atoms with E-state index >= 15 is 0 Å². The van der Waals surface area contributed by atoms with E-state index in [9.17, 15) is 0 Å². The third-order valence-corrected chi connectivity index (χ3v) is 2.90. The Morgan fingerprint density at radius 3 is 2.53 bits per heavy atom. The lowest BCUT2D eigenvalue weighted by molar-refractivity contribution is 0.609. The van der Waals surface area contributed by atoms with Crippen LogP contribution >= 0.6 is 15.9 Å². The maximum absolute atomic E-state index is 8.98. The molecule has 0 aliphatic carbocycles. The molecule has 15 heavy (non-hydrogen) atoms. The molecule has 0 fully saturated rings. The molecule has 0 amide bonds. The summed E-state index contributed by atoms with van der Waals surface area (Å²) in [6.07, 6.45) is 0. The van der Waals surface area contributed by atoms with Gasteiger partial charge in [0.15, 0.2) is 0 Å². The average molecular weight is 267 g/mol. The molecule has 1 aromatic carbocycles. The molecule has 1 atom stereocenters. The van der Waals surface area contributed by atoms with Gasteiger partial charge in [0, 0.05) is 10.2 Å². The van der Waals surface area contributed by atoms with Crippen molar-refractivity contribution in [3.05, 3.63) is 28.2 Å². The molecule has 0 saturated heterocycles. The fourth-order valence-electron chi connectivity index (χ4n) is 1.25. The van der Waals surface area contributed by atoms with Crippen molar-refractivity contribution in [2.75, 3.05) is 5.32 Å². The lowest BCUT2D eigenvalue weighted by atomic mass is 10.1. The maximum atomic E-state index is 8.98. The molecular weight excluding hydrogens is 252 g/mol. The Morgan fingerprint density at radius 2 is 2.07 bits per heavy atom. The Bertz CT molecular complexity index is 380. The minimum atomic E-state index is -0.149. The molecule has 0 aliphatic heterocycles. The van der Waals surface area contributed by atoms with Crippen LogP contribution in [0.2, 0.25) is 0 Å². The predicted molar refractivity (Wildman–Crippen MR) is 66.7 cm³/mol. The van der Waals surface area contributed by atoms with Crippen LogP contribution in [0.15, 0.2) is 22.7 Å². The summed E-state index contributed by atoms with van der Waals surface area (Å²) in [4.78, 5) is 0. The van der Waals surface area contributed by atoms with Crippen molar-refractivity contribution in [1.82, 2.24) is 0 Å². The number of halogens is 1. The fraction of sp³-hybridized carbons (Fsp3) is 0.417. The Morgan fingerprint density at radius 1 is 1.40 bits per heavy atom. The van der Waals surface area contributed by atoms with Crippen LogP contribution in [-0.4, -0.2) is 6.04 Å². The van der Waals surface area contributed by atoms with Crippen molar-refractivity contribution < 1.29 is 0 Å². The van der Waals surface area contributed by atoms with Crippen LogP contribution in [0.5, 0.6) is 0 Å². The Labute approximate surface area is 99.4 Å². The number of benzene rings is 1. The molecule has 1 aromatic rings. The monoisotopic (exact) mass is 266 g/mol. The highest BCUT2D eigenvalue weighted by molar-refractivity contribution is 9.10. The molecule has 3 heteroatoms. The fourth-order valence-corrected chi connectivity index (χ4v) is 1.86. The molecule has 2 nitrogen and oxygen atoms in total. The first-order chi connectivity index (χ1) is 7.04. The summed E-state index contributed by atoms with van der Waals surface area (Å²) < 4.78 is 1.00. The van der Waals surface area contributed by atoms with Crippen LogP contribution in [0.3, 0.4) is 0 Å². The number of rotatable bonds is 3. The molecule has 1 rings (SSSR count). The summed E-state index contributed by atoms with van der Waals surface area (Å²) in [6.45, 7) is 6.10. The zero-order chi connectivity index (χ0) is 11.4. The number of nitriles is 1. The summed E-state index contributed by atoms with van der Waals surface area (Å²) in [5, 5.41) is 12.2. The summed E-state index contributed by atoms with van der Waals surface area (Å²) in [6, 6.07) is 8.17. The number of nitrogens with zero attached hydrogens (tertiary/aromatic N) is 1. The maximum Gasteiger partial charge on any atom is 0.116 e. The molecule has 80 valence electrons. The van der Waals surface area contributed by atoms with Crippen LogP contribution in [0.1, 0.15) is 19.4 Å². The molecule has 0 saturated carbocycles. The molecule has 1 unspecified atom stereocenters. The van der Waals surface area contributed by atoms with E-state index in [1.54, 1.807) is 0 Å². The van der Waals surface area contributed by atoms with E-state index in [0.29, 0.717) is 5.92 Å². The predicted octanol–water partition coefficient (Wildman–Crippen LogP) is 3.72. The van der Waals surface area contributed by atoms with Gasteiger partial charge in [0.05, 0.1) is 6.07 Å². The van der Waals surface area contributed by atoms with Crippen LogP contribution in [0, 0.1) is 24.2 Å². The summed E-state index contributed by atoms with van der Waals surface area (Å²) in [5.41, 5.74) is 2.17. The number of aryl methyl sites for hydroxylation is 1. The normalized spacial score (nSPS) is 12.3. The molecule has 0 aliphatic rings. The van der Waals surface area contributed by atoms with Gasteiger partial charge in [-0.25, -0.2) is 0 Å². The standard InChI is InChI=1S/C12H15BrN2/c1-8(2)12(7-14)15-11-5-4-9(3)6-10(11)13/h4-6,8,12,15H,1-3H3. The quantitative estimate of drug-likeness (QED) is 0.906. The lowest BCUT2D eigenvalue weighted by Crippen LogP contribution is -2.23. The van der Waals surface area contributed by atoms with Crippen molar-refractivity contribution in [2.45, 2.75) is 26.8 Å². The van der Waals surface area contributed by atoms with Gasteiger partial charge in [-0.2, -0.15) is 5.26 Å². The summed E-state index contributed by atoms with van der Waals surface area (Å²) >= 11 is 3.48. The molecule has 0 heterocycles. The van der Waals surface area contributed by atoms with Gasteiger partial charge in [-0.3, -0.25) is 0 Å². The van der Waals surface area contributed by atoms with E-state index in [0.717, 1.165) is 10.2 Å². The van der Waals surface area contributed by atoms with Crippen LogP contribution < -0.4 is 5.32 Å². The van der Waals surface area contributed by atoms with Crippen LogP contribution in [-0.2, 0) is 0 Å². The smallest absolute Gasteiger partial charge is 0.116 e. The Balaban J connectivity index is 2.85. The number of hydrogen-bond acceptors (Lipinski definition) is 2. The van der Waals surface area contributed by atoms with E-state index in [-0.39, 0.29) is 6.04 Å². The SMILES string of the molecule is Cc1ccc(NC(C#N)C(C)C)c(Br)c1. The second-order valence-corrected chi connectivity index (χ2v) is 4.83. The van der Waals surface area contributed by atoms with Gasteiger partial charge >= 0.3 is 0 Å². The number of anilines is 1. The third-order valence-electron chi connectivity index (χ3n) is 2.24. The average Bonchev–Trinajstić information content (AvgIpc) is 2.16. The Hall–Kier alpha value is -1.01. The van der Waals surface area contributed by atoms with Crippen molar-refractivity contribution in [3.63, 3.8) is 0 Å². The van der Waals surface area contributed by atoms with Crippen LogP contribution in [0.25, 0.3) is 0 Å². The molecule has 0 spiro atoms. The van der Waals surface area contributed by atoms with Gasteiger partial charge in [-0.15, -0.1) is 0 Å². The van der Waals surface area contributed by atoms with Gasteiger partial charge in [0.25, 0.3) is 0 Å². The van der Waals surface area contributed by atoms with E-state index in [4.69, 9.17) is 5.26 Å². The Kier molecular flexibility index (Phi) is 4.16. The first-order valence-electron chi connectivity index (χ1n) is 4.97. The zero-order valence-corrected chi connectivity index (χ0v) is 10.8. The van der Waals surface area contributed by atoms with E-state index in [2.05, 4.69) is 27.3 Å². The topological polar surface area (TPSA) is 35.8 Å². The minimum absolute atomic E-state index is 0.149. The summed E-state index contributed by atoms with van der Waals surface area (Å²) in [5.74, 6) is 0.295. The van der Waals surface area contributed by atoms with E-state index in [1.807, 2.05) is 39.0 Å².